The molecule has 1 amide bonds. The zero-order valence-electron chi connectivity index (χ0n) is 11.6. The number of benzene rings is 1. The maximum atomic E-state index is 12.2. The predicted molar refractivity (Wildman–Crippen MR) is 73.3 cm³/mol. The van der Waals surface area contributed by atoms with Gasteiger partial charge in [-0.1, -0.05) is 6.07 Å². The fraction of sp³-hybridized carbons (Fsp3) is 0.467. The van der Waals surface area contributed by atoms with Crippen molar-refractivity contribution in [1.29, 1.82) is 0 Å². The van der Waals surface area contributed by atoms with Crippen LogP contribution in [-0.2, 0) is 16.0 Å². The number of carboxylic acids is 1. The summed E-state index contributed by atoms with van der Waals surface area (Å²) >= 11 is 0. The number of nitrogens with zero attached hydrogens (tertiary/aromatic N) is 1. The van der Waals surface area contributed by atoms with E-state index in [2.05, 4.69) is 0 Å². The highest BCUT2D eigenvalue weighted by molar-refractivity contribution is 5.84. The summed E-state index contributed by atoms with van der Waals surface area (Å²) in [6, 6.07) is 4.94. The Kier molecular flexibility index (Phi) is 3.68. The number of aryl methyl sites for hydroxylation is 1. The average molecular weight is 291 g/mol. The molecule has 0 spiro atoms. The molecule has 2 aliphatic rings. The van der Waals surface area contributed by atoms with Crippen molar-refractivity contribution in [1.82, 2.24) is 4.90 Å². The van der Waals surface area contributed by atoms with Crippen molar-refractivity contribution in [2.24, 2.45) is 0 Å². The zero-order valence-corrected chi connectivity index (χ0v) is 11.6. The van der Waals surface area contributed by atoms with Crippen LogP contribution < -0.4 is 9.47 Å². The van der Waals surface area contributed by atoms with Crippen LogP contribution in [0.25, 0.3) is 0 Å². The summed E-state index contributed by atoms with van der Waals surface area (Å²) in [6.45, 7) is 0.767. The number of hydrogen-bond acceptors (Lipinski definition) is 4. The first-order valence-corrected chi connectivity index (χ1v) is 7.06. The molecule has 1 saturated heterocycles. The molecule has 21 heavy (non-hydrogen) atoms. The Morgan fingerprint density at radius 3 is 2.90 bits per heavy atom. The number of hydrogen-bond donors (Lipinski definition) is 1. The second-order valence-corrected chi connectivity index (χ2v) is 5.27. The van der Waals surface area contributed by atoms with E-state index < -0.39 is 12.0 Å². The summed E-state index contributed by atoms with van der Waals surface area (Å²) in [5.74, 6) is 0.404. The van der Waals surface area contributed by atoms with Crippen LogP contribution in [0.4, 0.5) is 0 Å². The molecule has 1 aromatic carbocycles. The van der Waals surface area contributed by atoms with Crippen LogP contribution in [0, 0.1) is 0 Å². The van der Waals surface area contributed by atoms with Gasteiger partial charge in [0.05, 0.1) is 0 Å². The van der Waals surface area contributed by atoms with Gasteiger partial charge in [0.25, 0.3) is 0 Å². The quantitative estimate of drug-likeness (QED) is 0.908. The smallest absolute Gasteiger partial charge is 0.326 e. The molecule has 112 valence electrons. The summed E-state index contributed by atoms with van der Waals surface area (Å²) in [7, 11) is 0. The number of ether oxygens (including phenoxy) is 2. The molecule has 0 saturated carbocycles. The largest absolute Gasteiger partial charge is 0.480 e. The highest BCUT2D eigenvalue weighted by atomic mass is 16.7. The van der Waals surface area contributed by atoms with Crippen molar-refractivity contribution in [2.45, 2.75) is 31.7 Å². The van der Waals surface area contributed by atoms with E-state index in [-0.39, 0.29) is 12.7 Å². The lowest BCUT2D eigenvalue weighted by atomic mass is 10.1. The van der Waals surface area contributed by atoms with E-state index in [4.69, 9.17) is 14.6 Å². The van der Waals surface area contributed by atoms with E-state index >= 15 is 0 Å². The highest BCUT2D eigenvalue weighted by Gasteiger charge is 2.33. The number of carbonyl (C=O) groups is 2. The number of rotatable bonds is 4. The molecule has 6 nitrogen and oxygen atoms in total. The van der Waals surface area contributed by atoms with Crippen molar-refractivity contribution >= 4 is 11.9 Å². The van der Waals surface area contributed by atoms with Crippen LogP contribution in [0.3, 0.4) is 0 Å². The third-order valence-electron chi connectivity index (χ3n) is 3.92. The molecule has 0 aromatic heterocycles. The molecule has 2 heterocycles. The van der Waals surface area contributed by atoms with Crippen molar-refractivity contribution in [3.8, 4) is 11.5 Å². The van der Waals surface area contributed by atoms with Crippen LogP contribution in [0.2, 0.25) is 0 Å². The van der Waals surface area contributed by atoms with Gasteiger partial charge >= 0.3 is 5.97 Å². The Labute approximate surface area is 122 Å². The monoisotopic (exact) mass is 291 g/mol. The minimum Gasteiger partial charge on any atom is -0.480 e. The number of carbonyl (C=O) groups excluding carboxylic acids is 1. The third-order valence-corrected chi connectivity index (χ3v) is 3.92. The van der Waals surface area contributed by atoms with Gasteiger partial charge in [-0.2, -0.15) is 0 Å². The molecule has 0 bridgehead atoms. The molecule has 0 radical (unpaired) electrons. The number of amides is 1. The summed E-state index contributed by atoms with van der Waals surface area (Å²) in [4.78, 5) is 24.7. The van der Waals surface area contributed by atoms with Crippen molar-refractivity contribution in [3.63, 3.8) is 0 Å². The average Bonchev–Trinajstić information content (AvgIpc) is 3.12. The van der Waals surface area contributed by atoms with Crippen molar-refractivity contribution < 1.29 is 24.2 Å². The van der Waals surface area contributed by atoms with Crippen LogP contribution in [0.1, 0.15) is 24.8 Å². The fourth-order valence-electron chi connectivity index (χ4n) is 2.81. The van der Waals surface area contributed by atoms with Crippen molar-refractivity contribution in [2.75, 3.05) is 13.3 Å². The van der Waals surface area contributed by atoms with Gasteiger partial charge in [0.1, 0.15) is 6.04 Å². The summed E-state index contributed by atoms with van der Waals surface area (Å²) in [6.07, 6.45) is 2.18. The molecule has 6 heteroatoms. The van der Waals surface area contributed by atoms with E-state index in [0.29, 0.717) is 31.6 Å². The molecule has 3 rings (SSSR count). The van der Waals surface area contributed by atoms with Crippen LogP contribution >= 0.6 is 0 Å². The highest BCUT2D eigenvalue weighted by Crippen LogP contribution is 2.32. The Morgan fingerprint density at radius 1 is 1.29 bits per heavy atom. The van der Waals surface area contributed by atoms with Gasteiger partial charge in [0.15, 0.2) is 11.5 Å². The SMILES string of the molecule is O=C(O)[C@H]1CCCN1C(=O)CCc1ccc2c(c1)OCO2. The molecular formula is C15H17NO5. The first-order chi connectivity index (χ1) is 10.1. The summed E-state index contributed by atoms with van der Waals surface area (Å²) < 4.78 is 10.5. The first-order valence-electron chi connectivity index (χ1n) is 7.06. The van der Waals surface area contributed by atoms with Gasteiger partial charge in [-0.25, -0.2) is 4.79 Å². The zero-order chi connectivity index (χ0) is 14.8. The van der Waals surface area contributed by atoms with Gasteiger partial charge in [0.2, 0.25) is 12.7 Å². The third kappa shape index (κ3) is 2.79. The lowest BCUT2D eigenvalue weighted by molar-refractivity contribution is -0.148. The van der Waals surface area contributed by atoms with E-state index in [0.717, 1.165) is 17.7 Å². The van der Waals surface area contributed by atoms with E-state index in [1.807, 2.05) is 18.2 Å². The Balaban J connectivity index is 1.60. The molecule has 1 aromatic rings. The van der Waals surface area contributed by atoms with E-state index in [9.17, 15) is 9.59 Å². The van der Waals surface area contributed by atoms with Gasteiger partial charge < -0.3 is 19.5 Å². The van der Waals surface area contributed by atoms with Gasteiger partial charge in [-0.15, -0.1) is 0 Å². The Morgan fingerprint density at radius 2 is 2.10 bits per heavy atom. The molecule has 1 fully saturated rings. The molecule has 2 aliphatic heterocycles. The number of aliphatic carboxylic acids is 1. The molecule has 0 aliphatic carbocycles. The second kappa shape index (κ2) is 5.63. The standard InChI is InChI=1S/C15H17NO5/c17-14(16-7-1-2-11(16)15(18)19)6-4-10-3-5-12-13(8-10)21-9-20-12/h3,5,8,11H,1-2,4,6-7,9H2,(H,18,19)/t11-/m1/s1. The van der Waals surface area contributed by atoms with Crippen molar-refractivity contribution in [3.05, 3.63) is 23.8 Å². The maximum Gasteiger partial charge on any atom is 0.326 e. The van der Waals surface area contributed by atoms with Crippen LogP contribution in [0.5, 0.6) is 11.5 Å². The number of fused-ring (bicyclic) bond motifs is 1. The lowest BCUT2D eigenvalue weighted by Crippen LogP contribution is -2.40. The summed E-state index contributed by atoms with van der Waals surface area (Å²) in [5.41, 5.74) is 0.985. The summed E-state index contributed by atoms with van der Waals surface area (Å²) in [5, 5.41) is 9.10. The molecule has 1 N–H and O–H groups in total. The second-order valence-electron chi connectivity index (χ2n) is 5.27. The van der Waals surface area contributed by atoms with E-state index in [1.54, 1.807) is 0 Å². The maximum absolute atomic E-state index is 12.2. The van der Waals surface area contributed by atoms with Crippen LogP contribution in [0.15, 0.2) is 18.2 Å². The topological polar surface area (TPSA) is 76.1 Å². The molecular weight excluding hydrogens is 274 g/mol. The van der Waals surface area contributed by atoms with Gasteiger partial charge in [-0.3, -0.25) is 4.79 Å². The first kappa shape index (κ1) is 13.7. The van der Waals surface area contributed by atoms with Gasteiger partial charge in [0, 0.05) is 13.0 Å². The lowest BCUT2D eigenvalue weighted by Gasteiger charge is -2.21. The Bertz CT molecular complexity index is 571. The van der Waals surface area contributed by atoms with E-state index in [1.165, 1.54) is 4.90 Å². The number of likely N-dealkylation sites (tertiary alicyclic amines) is 1. The van der Waals surface area contributed by atoms with Crippen LogP contribution in [-0.4, -0.2) is 41.3 Å². The predicted octanol–water partition coefficient (Wildman–Crippen LogP) is 1.42. The minimum atomic E-state index is -0.913. The Hall–Kier alpha value is -2.24. The number of carboxylic acid groups (broad SMARTS) is 1. The normalized spacial score (nSPS) is 19.8. The molecule has 1 atom stereocenters. The molecule has 0 unspecified atom stereocenters. The minimum absolute atomic E-state index is 0.0995. The fourth-order valence-corrected chi connectivity index (χ4v) is 2.81. The van der Waals surface area contributed by atoms with Gasteiger partial charge in [-0.05, 0) is 37.0 Å².